The van der Waals surface area contributed by atoms with Crippen LogP contribution in [-0.4, -0.2) is 24.5 Å². The molecule has 0 N–H and O–H groups in total. The quantitative estimate of drug-likeness (QED) is 0.782. The van der Waals surface area contributed by atoms with E-state index in [-0.39, 0.29) is 0 Å². The van der Waals surface area contributed by atoms with Crippen LogP contribution in [0.5, 0.6) is 0 Å². The van der Waals surface area contributed by atoms with Gasteiger partial charge in [-0.25, -0.2) is 0 Å². The maximum atomic E-state index is 4.34. The summed E-state index contributed by atoms with van der Waals surface area (Å²) in [5.41, 5.74) is 6.70. The van der Waals surface area contributed by atoms with E-state index in [1.807, 2.05) is 53.5 Å². The number of pyridine rings is 2. The molecule has 4 heteroatoms. The van der Waals surface area contributed by atoms with Crippen LogP contribution in [0.15, 0.2) is 37.0 Å². The zero-order valence-electron chi connectivity index (χ0n) is 12.8. The molecule has 1 aliphatic rings. The summed E-state index contributed by atoms with van der Waals surface area (Å²) in [6.07, 6.45) is 5.70. The van der Waals surface area contributed by atoms with Crippen molar-refractivity contribution in [3.8, 4) is 0 Å². The Kier molecular flexibility index (Phi) is 5.15. The summed E-state index contributed by atoms with van der Waals surface area (Å²) in [5, 5.41) is 0. The Morgan fingerprint density at radius 3 is 2.81 bits per heavy atom. The predicted octanol–water partition coefficient (Wildman–Crippen LogP) is 2.11. The van der Waals surface area contributed by atoms with Gasteiger partial charge < -0.3 is 0 Å². The molecule has 0 unspecified atom stereocenters. The smallest absolute Gasteiger partial charge is 0.208 e. The zero-order chi connectivity index (χ0) is 15.2. The SMILES string of the molecule is C=Cc1ncc(C)cc1[B]C.Cc1ccc2c(n1)[B]C=C2. The molecule has 0 bridgehead atoms. The van der Waals surface area contributed by atoms with E-state index in [0.29, 0.717) is 0 Å². The monoisotopic (exact) mass is 272 g/mol. The minimum atomic E-state index is 0.957. The first-order valence-corrected chi connectivity index (χ1v) is 7.01. The van der Waals surface area contributed by atoms with Gasteiger partial charge in [-0.05, 0) is 37.1 Å². The molecule has 1 aliphatic heterocycles. The molecule has 0 aliphatic carbocycles. The second-order valence-corrected chi connectivity index (χ2v) is 4.93. The molecule has 0 saturated heterocycles. The van der Waals surface area contributed by atoms with Gasteiger partial charge in [0, 0.05) is 17.5 Å². The minimum Gasteiger partial charge on any atom is -0.268 e. The molecule has 0 aromatic carbocycles. The van der Waals surface area contributed by atoms with Crippen LogP contribution >= 0.6 is 0 Å². The molecule has 0 spiro atoms. The second-order valence-electron chi connectivity index (χ2n) is 4.93. The highest BCUT2D eigenvalue weighted by Crippen LogP contribution is 2.03. The largest absolute Gasteiger partial charge is 0.268 e. The Balaban J connectivity index is 0.000000154. The summed E-state index contributed by atoms with van der Waals surface area (Å²) in [4.78, 5) is 8.55. The van der Waals surface area contributed by atoms with Crippen LogP contribution < -0.4 is 11.1 Å². The van der Waals surface area contributed by atoms with Crippen LogP contribution in [0.4, 0.5) is 0 Å². The fourth-order valence-electron chi connectivity index (χ4n) is 2.11. The number of hydrogen-bond donors (Lipinski definition) is 0. The standard InChI is InChI=1S/C9H11BN.C8H7BN/c1-4-9-8(10-3)5-7(2)6-11-9;1-6-2-3-7-4-5-9-8(7)10-6/h4-6H,1H2,2-3H3;2-5H,1H3. The average Bonchev–Trinajstić information content (AvgIpc) is 2.95. The van der Waals surface area contributed by atoms with Crippen LogP contribution in [0, 0.1) is 13.8 Å². The van der Waals surface area contributed by atoms with E-state index in [0.717, 1.165) is 22.4 Å². The maximum absolute atomic E-state index is 4.34. The fourth-order valence-corrected chi connectivity index (χ4v) is 2.11. The first kappa shape index (κ1) is 15.3. The first-order chi connectivity index (χ1) is 10.1. The third kappa shape index (κ3) is 3.94. The normalized spacial score (nSPS) is 11.0. The molecular weight excluding hydrogens is 254 g/mol. The summed E-state index contributed by atoms with van der Waals surface area (Å²) >= 11 is 0. The molecule has 0 fully saturated rings. The highest BCUT2D eigenvalue weighted by Gasteiger charge is 2.05. The van der Waals surface area contributed by atoms with Crippen molar-refractivity contribution in [2.24, 2.45) is 0 Å². The third-order valence-electron chi connectivity index (χ3n) is 3.22. The molecule has 0 amide bonds. The Morgan fingerprint density at radius 2 is 2.10 bits per heavy atom. The Hall–Kier alpha value is -2.09. The minimum absolute atomic E-state index is 0.957. The summed E-state index contributed by atoms with van der Waals surface area (Å²) in [6.45, 7) is 9.73. The van der Waals surface area contributed by atoms with Crippen LogP contribution in [0.25, 0.3) is 12.2 Å². The summed E-state index contributed by atoms with van der Waals surface area (Å²) in [5.74, 6) is 2.02. The lowest BCUT2D eigenvalue weighted by Gasteiger charge is -2.01. The van der Waals surface area contributed by atoms with Crippen molar-refractivity contribution in [3.05, 3.63) is 59.5 Å². The molecular formula is C17H18B2N2. The summed E-state index contributed by atoms with van der Waals surface area (Å²) in [6, 6.07) is 6.23. The fraction of sp³-hybridized carbons (Fsp3) is 0.176. The van der Waals surface area contributed by atoms with Gasteiger partial charge in [-0.1, -0.05) is 37.1 Å². The Bertz CT molecular complexity index is 678. The van der Waals surface area contributed by atoms with Gasteiger partial charge in [-0.15, -0.1) is 5.98 Å². The third-order valence-corrected chi connectivity index (χ3v) is 3.22. The van der Waals surface area contributed by atoms with Gasteiger partial charge in [-0.2, -0.15) is 0 Å². The van der Waals surface area contributed by atoms with E-state index in [4.69, 9.17) is 0 Å². The van der Waals surface area contributed by atoms with Gasteiger partial charge in [-0.3, -0.25) is 9.97 Å². The molecule has 2 aromatic heterocycles. The number of fused-ring (bicyclic) bond motifs is 1. The summed E-state index contributed by atoms with van der Waals surface area (Å²) < 4.78 is 0. The molecule has 3 heterocycles. The molecule has 0 saturated carbocycles. The van der Waals surface area contributed by atoms with Crippen molar-refractivity contribution in [2.45, 2.75) is 20.7 Å². The molecule has 3 rings (SSSR count). The highest BCUT2D eigenvalue weighted by molar-refractivity contribution is 6.61. The van der Waals surface area contributed by atoms with Crippen LogP contribution in [0.1, 0.15) is 22.5 Å². The van der Waals surface area contributed by atoms with Crippen molar-refractivity contribution < 1.29 is 0 Å². The van der Waals surface area contributed by atoms with E-state index >= 15 is 0 Å². The van der Waals surface area contributed by atoms with Gasteiger partial charge in [0.25, 0.3) is 0 Å². The summed E-state index contributed by atoms with van der Waals surface area (Å²) in [7, 11) is 4.07. The molecule has 2 radical (unpaired) electrons. The molecule has 2 nitrogen and oxygen atoms in total. The van der Waals surface area contributed by atoms with Crippen molar-refractivity contribution in [2.75, 3.05) is 0 Å². The van der Waals surface area contributed by atoms with E-state index in [1.54, 1.807) is 6.08 Å². The van der Waals surface area contributed by atoms with Crippen molar-refractivity contribution in [1.29, 1.82) is 0 Å². The number of nitrogens with zero attached hydrogens (tertiary/aromatic N) is 2. The number of aryl methyl sites for hydroxylation is 2. The van der Waals surface area contributed by atoms with Crippen LogP contribution in [0.2, 0.25) is 6.82 Å². The predicted molar refractivity (Wildman–Crippen MR) is 93.7 cm³/mol. The van der Waals surface area contributed by atoms with Crippen LogP contribution in [-0.2, 0) is 0 Å². The zero-order valence-corrected chi connectivity index (χ0v) is 12.8. The number of aromatic nitrogens is 2. The van der Waals surface area contributed by atoms with Gasteiger partial charge in [0.05, 0.1) is 5.69 Å². The van der Waals surface area contributed by atoms with E-state index < -0.39 is 0 Å². The van der Waals surface area contributed by atoms with Gasteiger partial charge in [0.2, 0.25) is 7.28 Å². The van der Waals surface area contributed by atoms with Gasteiger partial charge >= 0.3 is 0 Å². The lowest BCUT2D eigenvalue weighted by atomic mass is 9.72. The van der Waals surface area contributed by atoms with Gasteiger partial charge in [0.15, 0.2) is 7.28 Å². The Morgan fingerprint density at radius 1 is 1.29 bits per heavy atom. The highest BCUT2D eigenvalue weighted by atomic mass is 14.7. The van der Waals surface area contributed by atoms with Crippen molar-refractivity contribution in [1.82, 2.24) is 9.97 Å². The molecule has 102 valence electrons. The molecule has 2 aromatic rings. The van der Waals surface area contributed by atoms with E-state index in [1.165, 1.54) is 11.1 Å². The topological polar surface area (TPSA) is 25.8 Å². The lowest BCUT2D eigenvalue weighted by Crippen LogP contribution is -2.16. The second kappa shape index (κ2) is 7.07. The number of rotatable bonds is 2. The van der Waals surface area contributed by atoms with Gasteiger partial charge in [0.1, 0.15) is 0 Å². The van der Waals surface area contributed by atoms with E-state index in [9.17, 15) is 0 Å². The van der Waals surface area contributed by atoms with Crippen LogP contribution in [0.3, 0.4) is 0 Å². The average molecular weight is 272 g/mol. The first-order valence-electron chi connectivity index (χ1n) is 7.01. The molecule has 21 heavy (non-hydrogen) atoms. The number of hydrogen-bond acceptors (Lipinski definition) is 2. The van der Waals surface area contributed by atoms with E-state index in [2.05, 4.69) is 34.8 Å². The molecule has 0 atom stereocenters. The maximum Gasteiger partial charge on any atom is 0.208 e. The lowest BCUT2D eigenvalue weighted by molar-refractivity contribution is 1.23. The van der Waals surface area contributed by atoms with Crippen molar-refractivity contribution in [3.63, 3.8) is 0 Å². The Labute approximate surface area is 128 Å². The van der Waals surface area contributed by atoms with Crippen molar-refractivity contribution >= 4 is 37.8 Å².